The molecular weight excluding hydrogens is 471 g/mol. The number of para-hydroxylation sites is 1. The zero-order valence-corrected chi connectivity index (χ0v) is 19.7. The van der Waals surface area contributed by atoms with Gasteiger partial charge < -0.3 is 9.64 Å². The second kappa shape index (κ2) is 9.65. The third kappa shape index (κ3) is 4.70. The lowest BCUT2D eigenvalue weighted by atomic mass is 9.99. The molecule has 2 aromatic carbocycles. The van der Waals surface area contributed by atoms with Crippen LogP contribution in [0.1, 0.15) is 30.1 Å². The van der Waals surface area contributed by atoms with Gasteiger partial charge in [0.25, 0.3) is 5.91 Å². The van der Waals surface area contributed by atoms with Crippen LogP contribution < -0.4 is 0 Å². The molecule has 1 fully saturated rings. The summed E-state index contributed by atoms with van der Waals surface area (Å²) < 4.78 is 5.40. The molecule has 0 atom stereocenters. The van der Waals surface area contributed by atoms with E-state index in [4.69, 9.17) is 39.5 Å². The lowest BCUT2D eigenvalue weighted by Gasteiger charge is -2.30. The van der Waals surface area contributed by atoms with Gasteiger partial charge in [-0.1, -0.05) is 59.9 Å². The summed E-state index contributed by atoms with van der Waals surface area (Å²) in [6.45, 7) is 3.26. The zero-order chi connectivity index (χ0) is 22.8. The third-order valence-electron chi connectivity index (χ3n) is 5.71. The molecule has 8 heteroatoms. The normalized spacial score (nSPS) is 14.6. The number of carbonyl (C=O) groups excluding carboxylic acids is 2. The average molecular weight is 492 g/mol. The molecule has 0 unspecified atom stereocenters. The van der Waals surface area contributed by atoms with Crippen molar-refractivity contribution in [1.82, 2.24) is 9.88 Å². The molecule has 3 aromatic rings. The molecule has 0 radical (unpaired) electrons. The topological polar surface area (TPSA) is 59.5 Å². The number of rotatable bonds is 4. The maximum Gasteiger partial charge on any atom is 0.339 e. The molecule has 0 N–H and O–H groups in total. The van der Waals surface area contributed by atoms with Crippen LogP contribution in [0.15, 0.2) is 42.5 Å². The van der Waals surface area contributed by atoms with Crippen molar-refractivity contribution in [3.8, 4) is 11.3 Å². The van der Waals surface area contributed by atoms with Gasteiger partial charge in [0.1, 0.15) is 0 Å². The molecule has 0 aliphatic carbocycles. The van der Waals surface area contributed by atoms with Crippen LogP contribution in [-0.2, 0) is 9.53 Å². The van der Waals surface area contributed by atoms with E-state index in [1.165, 1.54) is 0 Å². The van der Waals surface area contributed by atoms with Crippen molar-refractivity contribution in [2.75, 3.05) is 19.7 Å². The van der Waals surface area contributed by atoms with Gasteiger partial charge in [0.15, 0.2) is 6.61 Å². The molecule has 32 heavy (non-hydrogen) atoms. The molecule has 2 heterocycles. The minimum absolute atomic E-state index is 0.184. The first-order valence-electron chi connectivity index (χ1n) is 10.3. The Kier molecular flexibility index (Phi) is 6.89. The highest BCUT2D eigenvalue weighted by Crippen LogP contribution is 2.38. The minimum Gasteiger partial charge on any atom is -0.452 e. The van der Waals surface area contributed by atoms with Crippen LogP contribution in [0, 0.1) is 5.92 Å². The van der Waals surface area contributed by atoms with E-state index in [9.17, 15) is 9.59 Å². The summed E-state index contributed by atoms with van der Waals surface area (Å²) in [6, 6.07) is 12.1. The van der Waals surface area contributed by atoms with E-state index >= 15 is 0 Å². The molecular formula is C24H21Cl3N2O3. The van der Waals surface area contributed by atoms with Crippen molar-refractivity contribution in [2.45, 2.75) is 19.8 Å². The second-order valence-corrected chi connectivity index (χ2v) is 9.10. The number of carbonyl (C=O) groups is 2. The molecule has 1 aliphatic heterocycles. The number of amides is 1. The van der Waals surface area contributed by atoms with Crippen LogP contribution in [0.5, 0.6) is 0 Å². The highest BCUT2D eigenvalue weighted by Gasteiger charge is 2.23. The highest BCUT2D eigenvalue weighted by atomic mass is 35.5. The summed E-state index contributed by atoms with van der Waals surface area (Å²) in [6.07, 6.45) is 1.92. The predicted molar refractivity (Wildman–Crippen MR) is 127 cm³/mol. The Balaban J connectivity index is 1.62. The van der Waals surface area contributed by atoms with Crippen LogP contribution in [0.25, 0.3) is 22.2 Å². The van der Waals surface area contributed by atoms with Crippen molar-refractivity contribution in [2.24, 2.45) is 5.92 Å². The molecule has 4 rings (SSSR count). The maximum atomic E-state index is 13.0. The van der Waals surface area contributed by atoms with Crippen molar-refractivity contribution in [3.05, 3.63) is 63.1 Å². The van der Waals surface area contributed by atoms with Gasteiger partial charge in [-0.3, -0.25) is 4.79 Å². The predicted octanol–water partition coefficient (Wildman–Crippen LogP) is 6.28. The number of esters is 1. The fourth-order valence-electron chi connectivity index (χ4n) is 3.76. The van der Waals surface area contributed by atoms with Crippen LogP contribution in [0.4, 0.5) is 0 Å². The Labute approximate surface area is 201 Å². The number of pyridine rings is 1. The summed E-state index contributed by atoms with van der Waals surface area (Å²) in [4.78, 5) is 31.9. The van der Waals surface area contributed by atoms with E-state index in [-0.39, 0.29) is 22.6 Å². The molecule has 0 bridgehead atoms. The number of aromatic nitrogens is 1. The molecule has 1 aliphatic rings. The lowest BCUT2D eigenvalue weighted by molar-refractivity contribution is -0.135. The summed E-state index contributed by atoms with van der Waals surface area (Å²) in [5.41, 5.74) is 1.89. The SMILES string of the molecule is CC1CCN(C(=O)COC(=O)c2cc(-c3ccc(Cl)c(Cl)c3Cl)nc3ccccc23)CC1. The molecule has 1 aromatic heterocycles. The number of nitrogens with zero attached hydrogens (tertiary/aromatic N) is 2. The first kappa shape index (κ1) is 22.8. The van der Waals surface area contributed by atoms with E-state index < -0.39 is 5.97 Å². The number of ether oxygens (including phenoxy) is 1. The van der Waals surface area contributed by atoms with Gasteiger partial charge in [0.05, 0.1) is 31.8 Å². The van der Waals surface area contributed by atoms with Gasteiger partial charge in [0, 0.05) is 24.0 Å². The van der Waals surface area contributed by atoms with E-state index in [0.717, 1.165) is 12.8 Å². The molecule has 0 spiro atoms. The quantitative estimate of drug-likeness (QED) is 0.318. The van der Waals surface area contributed by atoms with Gasteiger partial charge >= 0.3 is 5.97 Å². The molecule has 1 saturated heterocycles. The fraction of sp³-hybridized carbons (Fsp3) is 0.292. The monoisotopic (exact) mass is 490 g/mol. The molecule has 166 valence electrons. The van der Waals surface area contributed by atoms with Crippen LogP contribution in [0.2, 0.25) is 15.1 Å². The van der Waals surface area contributed by atoms with Gasteiger partial charge in [-0.05, 0) is 43.0 Å². The maximum absolute atomic E-state index is 13.0. The van der Waals surface area contributed by atoms with E-state index in [2.05, 4.69) is 11.9 Å². The Morgan fingerprint density at radius 3 is 2.53 bits per heavy atom. The van der Waals surface area contributed by atoms with Crippen LogP contribution in [-0.4, -0.2) is 41.5 Å². The molecule has 5 nitrogen and oxygen atoms in total. The standard InChI is InChI=1S/C24H21Cl3N2O3/c1-14-8-10-29(11-9-14)21(30)13-32-24(31)17-12-20(28-19-5-3-2-4-15(17)19)16-6-7-18(25)23(27)22(16)26/h2-7,12,14H,8-11,13H2,1H3. The van der Waals surface area contributed by atoms with Crippen molar-refractivity contribution < 1.29 is 14.3 Å². The third-order valence-corrected chi connectivity index (χ3v) is 7.00. The summed E-state index contributed by atoms with van der Waals surface area (Å²) in [5.74, 6) is -0.174. The number of hydrogen-bond acceptors (Lipinski definition) is 4. The van der Waals surface area contributed by atoms with Crippen LogP contribution in [0.3, 0.4) is 0 Å². The Bertz CT molecular complexity index is 1190. The Hall–Kier alpha value is -2.34. The second-order valence-electron chi connectivity index (χ2n) is 7.93. The van der Waals surface area contributed by atoms with Crippen molar-refractivity contribution in [3.63, 3.8) is 0 Å². The minimum atomic E-state index is -0.597. The summed E-state index contributed by atoms with van der Waals surface area (Å²) in [7, 11) is 0. The van der Waals surface area contributed by atoms with Gasteiger partial charge in [-0.25, -0.2) is 9.78 Å². The van der Waals surface area contributed by atoms with E-state index in [1.807, 2.05) is 12.1 Å². The molecule has 1 amide bonds. The first-order chi connectivity index (χ1) is 15.3. The number of likely N-dealkylation sites (tertiary alicyclic amines) is 1. The van der Waals surface area contributed by atoms with E-state index in [1.54, 1.807) is 35.2 Å². The number of hydrogen-bond donors (Lipinski definition) is 0. The van der Waals surface area contributed by atoms with Gasteiger partial charge in [-0.2, -0.15) is 0 Å². The fourth-order valence-corrected chi connectivity index (χ4v) is 4.39. The number of fused-ring (bicyclic) bond motifs is 1. The smallest absolute Gasteiger partial charge is 0.339 e. The lowest BCUT2D eigenvalue weighted by Crippen LogP contribution is -2.40. The average Bonchev–Trinajstić information content (AvgIpc) is 2.80. The molecule has 0 saturated carbocycles. The van der Waals surface area contributed by atoms with Crippen molar-refractivity contribution >= 4 is 57.6 Å². The summed E-state index contributed by atoms with van der Waals surface area (Å²) in [5, 5.41) is 1.41. The number of piperidine rings is 1. The number of benzene rings is 2. The first-order valence-corrected chi connectivity index (χ1v) is 11.5. The van der Waals surface area contributed by atoms with E-state index in [0.29, 0.717) is 51.8 Å². The van der Waals surface area contributed by atoms with Gasteiger partial charge in [-0.15, -0.1) is 0 Å². The van der Waals surface area contributed by atoms with Gasteiger partial charge in [0.2, 0.25) is 0 Å². The highest BCUT2D eigenvalue weighted by molar-refractivity contribution is 6.49. The van der Waals surface area contributed by atoms with Crippen molar-refractivity contribution in [1.29, 1.82) is 0 Å². The zero-order valence-electron chi connectivity index (χ0n) is 17.4. The number of halogens is 3. The Morgan fingerprint density at radius 2 is 1.78 bits per heavy atom. The van der Waals surface area contributed by atoms with Crippen LogP contribution >= 0.6 is 34.8 Å². The largest absolute Gasteiger partial charge is 0.452 e. The summed E-state index contributed by atoms with van der Waals surface area (Å²) >= 11 is 18.6. The Morgan fingerprint density at radius 1 is 1.06 bits per heavy atom.